The summed E-state index contributed by atoms with van der Waals surface area (Å²) in [7, 11) is 1.62. The Morgan fingerprint density at radius 2 is 1.60 bits per heavy atom. The molecule has 0 bridgehead atoms. The number of rotatable bonds is 16. The molecule has 0 aliphatic carbocycles. The normalized spacial score (nSPS) is 18.4. The number of hydrogen-bond acceptors (Lipinski definition) is 4. The molecule has 4 heteroatoms. The van der Waals surface area contributed by atoms with Crippen molar-refractivity contribution < 1.29 is 19.4 Å². The molecule has 0 amide bonds. The van der Waals surface area contributed by atoms with Crippen LogP contribution in [0.2, 0.25) is 0 Å². The summed E-state index contributed by atoms with van der Waals surface area (Å²) in [5, 5.41) is 10.7. The molecular weight excluding hydrogens is 496 g/mol. The van der Waals surface area contributed by atoms with Gasteiger partial charge in [0.2, 0.25) is 0 Å². The molecule has 1 N–H and O–H groups in total. The van der Waals surface area contributed by atoms with Gasteiger partial charge in [-0.05, 0) is 85.8 Å². The highest BCUT2D eigenvalue weighted by Crippen LogP contribution is 2.40. The first-order valence-corrected chi connectivity index (χ1v) is 15.5. The zero-order valence-electron chi connectivity index (χ0n) is 25.8. The number of aromatic hydroxyl groups is 1. The van der Waals surface area contributed by atoms with E-state index in [-0.39, 0.29) is 17.1 Å². The fourth-order valence-electron chi connectivity index (χ4n) is 5.77. The van der Waals surface area contributed by atoms with Crippen molar-refractivity contribution >= 4 is 11.9 Å². The molecule has 0 saturated heterocycles. The van der Waals surface area contributed by atoms with Crippen LogP contribution in [0.1, 0.15) is 120 Å². The molecule has 0 saturated carbocycles. The van der Waals surface area contributed by atoms with Crippen molar-refractivity contribution in [2.24, 2.45) is 17.8 Å². The first kappa shape index (κ1) is 31.8. The monoisotopic (exact) mass is 548 g/mol. The molecule has 40 heavy (non-hydrogen) atoms. The Balaban J connectivity index is 1.45. The van der Waals surface area contributed by atoms with Crippen molar-refractivity contribution in [1.82, 2.24) is 0 Å². The second-order valence-corrected chi connectivity index (χ2v) is 12.9. The number of aryl methyl sites for hydroxylation is 1. The summed E-state index contributed by atoms with van der Waals surface area (Å²) in [5.41, 5.74) is 1.97. The van der Waals surface area contributed by atoms with Gasteiger partial charge >= 0.3 is 0 Å². The Morgan fingerprint density at radius 1 is 0.975 bits per heavy atom. The van der Waals surface area contributed by atoms with E-state index in [1.807, 2.05) is 24.3 Å². The van der Waals surface area contributed by atoms with Crippen LogP contribution in [0.5, 0.6) is 17.2 Å². The van der Waals surface area contributed by atoms with E-state index in [1.54, 1.807) is 25.3 Å². The Hall–Kier alpha value is -2.75. The van der Waals surface area contributed by atoms with Crippen molar-refractivity contribution in [3.63, 3.8) is 0 Å². The second kappa shape index (κ2) is 15.3. The molecule has 4 nitrogen and oxygen atoms in total. The number of ketones is 1. The van der Waals surface area contributed by atoms with Gasteiger partial charge in [0.25, 0.3) is 0 Å². The van der Waals surface area contributed by atoms with Crippen molar-refractivity contribution in [2.75, 3.05) is 7.11 Å². The largest absolute Gasteiger partial charge is 0.507 e. The van der Waals surface area contributed by atoms with Gasteiger partial charge in [0.1, 0.15) is 22.8 Å². The van der Waals surface area contributed by atoms with Crippen LogP contribution in [-0.4, -0.2) is 23.6 Å². The molecule has 1 aliphatic heterocycles. The van der Waals surface area contributed by atoms with E-state index in [0.29, 0.717) is 11.3 Å². The third-order valence-electron chi connectivity index (χ3n) is 8.54. The summed E-state index contributed by atoms with van der Waals surface area (Å²) >= 11 is 0. The fraction of sp³-hybridized carbons (Fsp3) is 0.583. The maximum atomic E-state index is 12.9. The summed E-state index contributed by atoms with van der Waals surface area (Å²) in [6.45, 7) is 11.6. The molecule has 0 fully saturated rings. The highest BCUT2D eigenvalue weighted by molar-refractivity contribution is 6.08. The molecule has 220 valence electrons. The third kappa shape index (κ3) is 10.0. The van der Waals surface area contributed by atoms with Crippen LogP contribution in [0.25, 0.3) is 6.08 Å². The third-order valence-corrected chi connectivity index (χ3v) is 8.54. The van der Waals surface area contributed by atoms with Crippen LogP contribution in [0, 0.1) is 17.8 Å². The SMILES string of the molecule is COc1ccc(/C=C/C(=O)c2cc3c(cc2O)OC(C)(CCC[C@H](C)CCC[C@@H](C)CCCC(C)C)CC3)cc1. The van der Waals surface area contributed by atoms with Gasteiger partial charge in [-0.3, -0.25) is 4.79 Å². The molecule has 3 rings (SSSR count). The fourth-order valence-corrected chi connectivity index (χ4v) is 5.77. The highest BCUT2D eigenvalue weighted by Gasteiger charge is 2.32. The number of phenolic OH excluding ortho intramolecular Hbond substituents is 1. The molecule has 1 unspecified atom stereocenters. The molecular formula is C36H52O4. The lowest BCUT2D eigenvalue weighted by molar-refractivity contribution is 0.0521. The quantitative estimate of drug-likeness (QED) is 0.167. The Kier molecular flexibility index (Phi) is 12.2. The van der Waals surface area contributed by atoms with Crippen molar-refractivity contribution in [1.29, 1.82) is 0 Å². The summed E-state index contributed by atoms with van der Waals surface area (Å²) < 4.78 is 11.6. The summed E-state index contributed by atoms with van der Waals surface area (Å²) in [5.74, 6) is 3.64. The Bertz CT molecular complexity index is 1100. The van der Waals surface area contributed by atoms with E-state index in [0.717, 1.165) is 60.3 Å². The molecule has 0 aromatic heterocycles. The maximum absolute atomic E-state index is 12.9. The predicted octanol–water partition coefficient (Wildman–Crippen LogP) is 9.82. The van der Waals surface area contributed by atoms with Crippen LogP contribution in [0.15, 0.2) is 42.5 Å². The van der Waals surface area contributed by atoms with Crippen molar-refractivity contribution in [3.8, 4) is 17.2 Å². The number of hydrogen-bond donors (Lipinski definition) is 1. The van der Waals surface area contributed by atoms with Gasteiger partial charge in [0.15, 0.2) is 5.78 Å². The Labute approximate surface area is 243 Å². The van der Waals surface area contributed by atoms with Gasteiger partial charge in [-0.15, -0.1) is 0 Å². The second-order valence-electron chi connectivity index (χ2n) is 12.9. The van der Waals surface area contributed by atoms with E-state index in [1.165, 1.54) is 51.0 Å². The predicted molar refractivity (Wildman–Crippen MR) is 167 cm³/mol. The lowest BCUT2D eigenvalue weighted by Gasteiger charge is -2.36. The number of benzene rings is 2. The lowest BCUT2D eigenvalue weighted by Crippen LogP contribution is -2.36. The average molecular weight is 549 g/mol. The van der Waals surface area contributed by atoms with Gasteiger partial charge in [0, 0.05) is 6.07 Å². The zero-order valence-corrected chi connectivity index (χ0v) is 25.8. The minimum atomic E-state index is -0.232. The van der Waals surface area contributed by atoms with Gasteiger partial charge in [-0.2, -0.15) is 0 Å². The summed E-state index contributed by atoms with van der Waals surface area (Å²) in [4.78, 5) is 12.9. The van der Waals surface area contributed by atoms with Crippen LogP contribution < -0.4 is 9.47 Å². The summed E-state index contributed by atoms with van der Waals surface area (Å²) in [6.07, 6.45) is 16.5. The topological polar surface area (TPSA) is 55.8 Å². The molecule has 1 heterocycles. The van der Waals surface area contributed by atoms with E-state index in [4.69, 9.17) is 9.47 Å². The smallest absolute Gasteiger partial charge is 0.189 e. The number of fused-ring (bicyclic) bond motifs is 1. The number of carbonyl (C=O) groups excluding carboxylic acids is 1. The molecule has 0 spiro atoms. The molecule has 1 aliphatic rings. The Morgan fingerprint density at radius 3 is 2.23 bits per heavy atom. The van der Waals surface area contributed by atoms with Crippen LogP contribution in [-0.2, 0) is 6.42 Å². The number of methoxy groups -OCH3 is 1. The van der Waals surface area contributed by atoms with Crippen LogP contribution in [0.4, 0.5) is 0 Å². The van der Waals surface area contributed by atoms with Gasteiger partial charge in [0.05, 0.1) is 12.7 Å². The lowest BCUT2D eigenvalue weighted by atomic mass is 9.85. The first-order chi connectivity index (χ1) is 19.1. The standard InChI is InChI=1S/C36H52O4/c1-26(2)10-7-11-27(3)12-8-13-28(4)14-9-22-36(5)23-21-30-24-32(34(38)25-35(30)40-36)33(37)20-17-29-15-18-31(39-6)19-16-29/h15-20,24-28,38H,7-14,21-23H2,1-6H3/b20-17+/t27-,28+,36?/m0/s1. The van der Waals surface area contributed by atoms with E-state index < -0.39 is 0 Å². The van der Waals surface area contributed by atoms with E-state index in [9.17, 15) is 9.90 Å². The number of ether oxygens (including phenoxy) is 2. The van der Waals surface area contributed by atoms with Crippen molar-refractivity contribution in [3.05, 3.63) is 59.2 Å². The van der Waals surface area contributed by atoms with Gasteiger partial charge in [-0.1, -0.05) is 90.8 Å². The van der Waals surface area contributed by atoms with E-state index in [2.05, 4.69) is 34.6 Å². The minimum absolute atomic E-state index is 0.0283. The minimum Gasteiger partial charge on any atom is -0.507 e. The molecule has 0 radical (unpaired) electrons. The first-order valence-electron chi connectivity index (χ1n) is 15.5. The van der Waals surface area contributed by atoms with Crippen LogP contribution >= 0.6 is 0 Å². The number of allylic oxidation sites excluding steroid dienone is 1. The average Bonchev–Trinajstić information content (AvgIpc) is 2.91. The molecule has 2 aromatic rings. The van der Waals surface area contributed by atoms with Crippen LogP contribution in [0.3, 0.4) is 0 Å². The van der Waals surface area contributed by atoms with Gasteiger partial charge < -0.3 is 14.6 Å². The van der Waals surface area contributed by atoms with Crippen molar-refractivity contribution in [2.45, 2.75) is 111 Å². The highest BCUT2D eigenvalue weighted by atomic mass is 16.5. The number of phenols is 1. The van der Waals surface area contributed by atoms with Gasteiger partial charge in [-0.25, -0.2) is 0 Å². The number of carbonyl (C=O) groups is 1. The van der Waals surface area contributed by atoms with E-state index >= 15 is 0 Å². The maximum Gasteiger partial charge on any atom is 0.189 e. The molecule has 3 atom stereocenters. The summed E-state index contributed by atoms with van der Waals surface area (Å²) in [6, 6.07) is 10.9. The zero-order chi connectivity index (χ0) is 29.1. The molecule has 2 aromatic carbocycles.